The molecule has 0 aliphatic carbocycles. The van der Waals surface area contributed by atoms with Crippen molar-refractivity contribution in [3.63, 3.8) is 0 Å². The van der Waals surface area contributed by atoms with Crippen LogP contribution in [0.15, 0.2) is 0 Å². The molecular weight excluding hydrogens is 155 g/mol. The molecule has 1 unspecified atom stereocenters. The molecule has 0 rings (SSSR count). The van der Waals surface area contributed by atoms with Gasteiger partial charge in [0.05, 0.1) is 6.10 Å². The highest BCUT2D eigenvalue weighted by molar-refractivity contribution is 7.09. The third-order valence-electron chi connectivity index (χ3n) is 1.30. The lowest BCUT2D eigenvalue weighted by molar-refractivity contribution is 0.252. The van der Waals surface area contributed by atoms with Crippen LogP contribution in [0.5, 0.6) is 0 Å². The van der Waals surface area contributed by atoms with E-state index in [0.29, 0.717) is 12.0 Å². The second kappa shape index (κ2) is 6.65. The van der Waals surface area contributed by atoms with Gasteiger partial charge in [-0.15, -0.1) is 11.8 Å². The van der Waals surface area contributed by atoms with Gasteiger partial charge in [-0.1, -0.05) is 13.8 Å². The van der Waals surface area contributed by atoms with Crippen molar-refractivity contribution in [1.29, 1.82) is 0 Å². The molecule has 0 amide bonds. The van der Waals surface area contributed by atoms with Gasteiger partial charge in [0.2, 0.25) is 0 Å². The molecule has 0 aromatic heterocycles. The number of hydrogen-bond acceptors (Lipinski definition) is 1. The molecule has 0 bridgehead atoms. The van der Waals surface area contributed by atoms with Crippen LogP contribution in [-0.4, -0.2) is 6.10 Å². The lowest BCUT2D eigenvalue weighted by Crippen LogP contribution is -1.99. The Hall–Kier alpha value is -0.0500. The molecule has 2 heteroatoms. The summed E-state index contributed by atoms with van der Waals surface area (Å²) in [7, 11) is 2.27. The van der Waals surface area contributed by atoms with E-state index in [2.05, 4.69) is 35.2 Å². The average molecular weight is 172 g/mol. The molecule has 0 heterocycles. The monoisotopic (exact) mass is 172 g/mol. The fraction of sp³-hybridized carbons (Fsp3) is 0.778. The van der Waals surface area contributed by atoms with E-state index >= 15 is 0 Å². The molecule has 0 aliphatic heterocycles. The van der Waals surface area contributed by atoms with E-state index < -0.39 is 0 Å². The van der Waals surface area contributed by atoms with Gasteiger partial charge in [-0.25, -0.2) is 0 Å². The molecule has 2 atom stereocenters. The minimum atomic E-state index is 0.307. The van der Waals surface area contributed by atoms with E-state index in [1.165, 1.54) is 0 Å². The first-order valence-electron chi connectivity index (χ1n) is 4.00. The van der Waals surface area contributed by atoms with E-state index in [1.54, 1.807) is 0 Å². The zero-order valence-electron chi connectivity index (χ0n) is 7.55. The first-order valence-corrected chi connectivity index (χ1v) is 4.48. The fourth-order valence-corrected chi connectivity index (χ4v) is 0.756. The van der Waals surface area contributed by atoms with Crippen LogP contribution in [0.3, 0.4) is 0 Å². The lowest BCUT2D eigenvalue weighted by atomic mass is 10.2. The van der Waals surface area contributed by atoms with Gasteiger partial charge in [-0.05, 0) is 13.3 Å². The van der Waals surface area contributed by atoms with Crippen molar-refractivity contribution in [1.82, 2.24) is 0 Å². The molecule has 0 aromatic carbocycles. The Morgan fingerprint density at radius 2 is 2.00 bits per heavy atom. The topological polar surface area (TPSA) is 9.23 Å². The number of hydrogen-bond donors (Lipinski definition) is 0. The molecule has 1 nitrogen and oxygen atoms in total. The van der Waals surface area contributed by atoms with Gasteiger partial charge < -0.3 is 4.52 Å². The van der Waals surface area contributed by atoms with Crippen molar-refractivity contribution < 1.29 is 4.52 Å². The van der Waals surface area contributed by atoms with Crippen LogP contribution in [-0.2, 0) is 4.52 Å². The van der Waals surface area contributed by atoms with Crippen LogP contribution in [0.4, 0.5) is 0 Å². The summed E-state index contributed by atoms with van der Waals surface area (Å²) >= 11 is 0. The van der Waals surface area contributed by atoms with Gasteiger partial charge in [0, 0.05) is 21.8 Å². The van der Waals surface area contributed by atoms with Crippen molar-refractivity contribution in [3.8, 4) is 11.8 Å². The minimum Gasteiger partial charge on any atom is -0.363 e. The Morgan fingerprint density at radius 3 is 2.45 bits per heavy atom. The standard InChI is InChI=1S/C9H17OP/c1-8(2)6-4-5-7-9(3)10-11/h8-9H,5,7,11H2,1-3H3/t9-/m0/s1. The first-order chi connectivity index (χ1) is 5.16. The van der Waals surface area contributed by atoms with E-state index in [-0.39, 0.29) is 0 Å². The van der Waals surface area contributed by atoms with Gasteiger partial charge >= 0.3 is 0 Å². The molecule has 0 aliphatic rings. The molecule has 64 valence electrons. The van der Waals surface area contributed by atoms with Gasteiger partial charge in [-0.2, -0.15) is 0 Å². The van der Waals surface area contributed by atoms with Gasteiger partial charge in [0.25, 0.3) is 0 Å². The summed E-state index contributed by atoms with van der Waals surface area (Å²) in [6.45, 7) is 6.25. The van der Waals surface area contributed by atoms with Crippen LogP contribution in [0.1, 0.15) is 33.6 Å². The Balaban J connectivity index is 3.35. The van der Waals surface area contributed by atoms with Crippen LogP contribution < -0.4 is 0 Å². The maximum absolute atomic E-state index is 5.01. The summed E-state index contributed by atoms with van der Waals surface area (Å²) in [5.41, 5.74) is 0. The van der Waals surface area contributed by atoms with E-state index in [1.807, 2.05) is 6.92 Å². The van der Waals surface area contributed by atoms with Crippen molar-refractivity contribution in [2.75, 3.05) is 0 Å². The molecule has 0 saturated heterocycles. The summed E-state index contributed by atoms with van der Waals surface area (Å²) in [5, 5.41) is 0. The SMILES string of the molecule is CC(C)C#CCC[C@H](C)OP. The molecule has 0 saturated carbocycles. The highest BCUT2D eigenvalue weighted by Gasteiger charge is 1.95. The average Bonchev–Trinajstić information content (AvgIpc) is 1.97. The zero-order chi connectivity index (χ0) is 8.69. The maximum atomic E-state index is 5.01. The molecule has 0 radical (unpaired) electrons. The third-order valence-corrected chi connectivity index (χ3v) is 1.76. The number of rotatable bonds is 3. The largest absolute Gasteiger partial charge is 0.363 e. The second-order valence-corrected chi connectivity index (χ2v) is 3.23. The summed E-state index contributed by atoms with van der Waals surface area (Å²) in [5.74, 6) is 6.71. The lowest BCUT2D eigenvalue weighted by Gasteiger charge is -2.04. The fourth-order valence-electron chi connectivity index (χ4n) is 0.620. The first kappa shape index (κ1) is 11.0. The predicted octanol–water partition coefficient (Wildman–Crippen LogP) is 2.62. The Bertz CT molecular complexity index is 143. The molecule has 0 N–H and O–H groups in total. The Labute approximate surface area is 72.2 Å². The van der Waals surface area contributed by atoms with Crippen LogP contribution in [0.2, 0.25) is 0 Å². The molecule has 0 fully saturated rings. The smallest absolute Gasteiger partial charge is 0.0591 e. The molecule has 0 spiro atoms. The van der Waals surface area contributed by atoms with E-state index in [0.717, 1.165) is 12.8 Å². The molecule has 11 heavy (non-hydrogen) atoms. The summed E-state index contributed by atoms with van der Waals surface area (Å²) in [4.78, 5) is 0. The molecule has 0 aromatic rings. The Morgan fingerprint density at radius 1 is 1.36 bits per heavy atom. The van der Waals surface area contributed by atoms with Crippen molar-refractivity contribution in [2.24, 2.45) is 5.92 Å². The van der Waals surface area contributed by atoms with Crippen LogP contribution in [0, 0.1) is 17.8 Å². The van der Waals surface area contributed by atoms with E-state index in [4.69, 9.17) is 4.52 Å². The zero-order valence-corrected chi connectivity index (χ0v) is 8.71. The van der Waals surface area contributed by atoms with E-state index in [9.17, 15) is 0 Å². The Kier molecular flexibility index (Phi) is 6.62. The maximum Gasteiger partial charge on any atom is 0.0591 e. The highest BCUT2D eigenvalue weighted by Crippen LogP contribution is 2.03. The van der Waals surface area contributed by atoms with Gasteiger partial charge in [0.15, 0.2) is 0 Å². The van der Waals surface area contributed by atoms with Crippen molar-refractivity contribution in [2.45, 2.75) is 39.7 Å². The van der Waals surface area contributed by atoms with Crippen LogP contribution in [0.25, 0.3) is 0 Å². The van der Waals surface area contributed by atoms with Crippen molar-refractivity contribution >= 4 is 9.47 Å². The van der Waals surface area contributed by atoms with Crippen LogP contribution >= 0.6 is 9.47 Å². The highest BCUT2D eigenvalue weighted by atomic mass is 31.0. The van der Waals surface area contributed by atoms with Crippen molar-refractivity contribution in [3.05, 3.63) is 0 Å². The quantitative estimate of drug-likeness (QED) is 0.469. The summed E-state index contributed by atoms with van der Waals surface area (Å²) in [6.07, 6.45) is 2.26. The normalized spacial score (nSPS) is 12.5. The third kappa shape index (κ3) is 7.85. The molecular formula is C9H17OP. The second-order valence-electron chi connectivity index (χ2n) is 2.96. The van der Waals surface area contributed by atoms with Gasteiger partial charge in [0.1, 0.15) is 0 Å². The summed E-state index contributed by atoms with van der Waals surface area (Å²) in [6, 6.07) is 0. The minimum absolute atomic E-state index is 0.307. The summed E-state index contributed by atoms with van der Waals surface area (Å²) < 4.78 is 5.01. The van der Waals surface area contributed by atoms with Gasteiger partial charge in [-0.3, -0.25) is 0 Å². The predicted molar refractivity (Wildman–Crippen MR) is 52.1 cm³/mol.